The van der Waals surface area contributed by atoms with Crippen LogP contribution in [0.15, 0.2) is 41.1 Å². The van der Waals surface area contributed by atoms with E-state index < -0.39 is 17.7 Å². The monoisotopic (exact) mass is 312 g/mol. The lowest BCUT2D eigenvalue weighted by atomic mass is 10.00. The van der Waals surface area contributed by atoms with Crippen molar-refractivity contribution in [3.8, 4) is 0 Å². The van der Waals surface area contributed by atoms with Gasteiger partial charge in [0.25, 0.3) is 0 Å². The third-order valence-electron chi connectivity index (χ3n) is 2.70. The van der Waals surface area contributed by atoms with E-state index in [0.717, 1.165) is 5.56 Å². The normalized spacial score (nSPS) is 12.4. The molecule has 0 bridgehead atoms. The first-order valence-electron chi connectivity index (χ1n) is 5.37. The lowest BCUT2D eigenvalue weighted by Crippen LogP contribution is -2.15. The summed E-state index contributed by atoms with van der Waals surface area (Å²) in [6.45, 7) is 0. The van der Waals surface area contributed by atoms with Crippen LogP contribution in [-0.4, -0.2) is 4.98 Å². The van der Waals surface area contributed by atoms with Crippen LogP contribution in [0.1, 0.15) is 17.2 Å². The van der Waals surface area contributed by atoms with E-state index >= 15 is 0 Å². The average Bonchev–Trinajstić information content (AvgIpc) is 2.40. The summed E-state index contributed by atoms with van der Waals surface area (Å²) in [5.74, 6) is -1.18. The van der Waals surface area contributed by atoms with Crippen molar-refractivity contribution in [3.05, 3.63) is 63.9 Å². The van der Waals surface area contributed by atoms with Crippen molar-refractivity contribution in [2.75, 3.05) is 0 Å². The molecule has 0 aliphatic carbocycles. The fourth-order valence-electron chi connectivity index (χ4n) is 1.70. The Bertz CT molecular complexity index is 546. The van der Waals surface area contributed by atoms with E-state index in [4.69, 9.17) is 5.73 Å². The summed E-state index contributed by atoms with van der Waals surface area (Å²) in [4.78, 5) is 3.87. The quantitative estimate of drug-likeness (QED) is 0.883. The molecule has 0 aliphatic heterocycles. The Hall–Kier alpha value is -1.33. The molecule has 1 aromatic carbocycles. The Balaban J connectivity index is 2.27. The zero-order chi connectivity index (χ0) is 13.1. The van der Waals surface area contributed by atoms with Crippen LogP contribution in [0, 0.1) is 11.6 Å². The molecule has 0 saturated carbocycles. The molecular weight excluding hydrogens is 302 g/mol. The number of hydrogen-bond acceptors (Lipinski definition) is 2. The van der Waals surface area contributed by atoms with Crippen molar-refractivity contribution < 1.29 is 8.78 Å². The Morgan fingerprint density at radius 3 is 2.50 bits per heavy atom. The van der Waals surface area contributed by atoms with E-state index in [1.807, 2.05) is 0 Å². The molecule has 0 aliphatic rings. The molecule has 0 amide bonds. The third kappa shape index (κ3) is 2.73. The van der Waals surface area contributed by atoms with Crippen molar-refractivity contribution in [1.82, 2.24) is 4.98 Å². The van der Waals surface area contributed by atoms with Gasteiger partial charge in [-0.2, -0.15) is 0 Å². The molecule has 2 rings (SSSR count). The van der Waals surface area contributed by atoms with Crippen LogP contribution in [0.4, 0.5) is 8.78 Å². The minimum absolute atomic E-state index is 0.00585. The van der Waals surface area contributed by atoms with Gasteiger partial charge in [0.2, 0.25) is 0 Å². The Morgan fingerprint density at radius 1 is 1.17 bits per heavy atom. The molecule has 2 N–H and O–H groups in total. The van der Waals surface area contributed by atoms with Gasteiger partial charge >= 0.3 is 0 Å². The minimum atomic E-state index is -0.598. The molecule has 1 unspecified atom stereocenters. The van der Waals surface area contributed by atoms with Crippen LogP contribution in [0.3, 0.4) is 0 Å². The first-order chi connectivity index (χ1) is 8.59. The second kappa shape index (κ2) is 5.54. The lowest BCUT2D eigenvalue weighted by molar-refractivity contribution is 0.536. The van der Waals surface area contributed by atoms with Gasteiger partial charge in [-0.15, -0.1) is 0 Å². The zero-order valence-electron chi connectivity index (χ0n) is 9.41. The molecular formula is C13H11BrF2N2. The Kier molecular flexibility index (Phi) is 4.04. The number of nitrogens with two attached hydrogens (primary N) is 1. The van der Waals surface area contributed by atoms with Crippen LogP contribution in [0.5, 0.6) is 0 Å². The van der Waals surface area contributed by atoms with Crippen LogP contribution in [0.2, 0.25) is 0 Å². The first kappa shape index (κ1) is 13.1. The van der Waals surface area contributed by atoms with Crippen molar-refractivity contribution in [2.24, 2.45) is 5.73 Å². The van der Waals surface area contributed by atoms with Gasteiger partial charge in [-0.3, -0.25) is 4.98 Å². The van der Waals surface area contributed by atoms with Gasteiger partial charge in [-0.25, -0.2) is 8.78 Å². The molecule has 5 heteroatoms. The first-order valence-corrected chi connectivity index (χ1v) is 6.16. The van der Waals surface area contributed by atoms with E-state index in [0.29, 0.717) is 0 Å². The van der Waals surface area contributed by atoms with E-state index in [-0.39, 0.29) is 16.5 Å². The maximum atomic E-state index is 13.8. The Morgan fingerprint density at radius 2 is 1.83 bits per heavy atom. The number of halogens is 3. The number of pyridine rings is 1. The van der Waals surface area contributed by atoms with Crippen molar-refractivity contribution in [3.63, 3.8) is 0 Å². The SMILES string of the molecule is NC(Cc1c(F)ccc(Br)c1F)c1ccncc1. The highest BCUT2D eigenvalue weighted by molar-refractivity contribution is 9.10. The highest BCUT2D eigenvalue weighted by atomic mass is 79.9. The third-order valence-corrected chi connectivity index (χ3v) is 3.31. The zero-order valence-corrected chi connectivity index (χ0v) is 11.0. The van der Waals surface area contributed by atoms with Crippen molar-refractivity contribution in [2.45, 2.75) is 12.5 Å². The average molecular weight is 313 g/mol. The number of rotatable bonds is 3. The van der Waals surface area contributed by atoms with E-state index in [1.54, 1.807) is 24.5 Å². The second-order valence-electron chi connectivity index (χ2n) is 3.91. The van der Waals surface area contributed by atoms with E-state index in [2.05, 4.69) is 20.9 Å². The van der Waals surface area contributed by atoms with Crippen molar-refractivity contribution in [1.29, 1.82) is 0 Å². The number of aromatic nitrogens is 1. The molecule has 0 saturated heterocycles. The van der Waals surface area contributed by atoms with Gasteiger partial charge in [0, 0.05) is 24.0 Å². The summed E-state index contributed by atoms with van der Waals surface area (Å²) >= 11 is 3.03. The lowest BCUT2D eigenvalue weighted by Gasteiger charge is -2.13. The number of hydrogen-bond donors (Lipinski definition) is 1. The highest BCUT2D eigenvalue weighted by Crippen LogP contribution is 2.25. The summed E-state index contributed by atoms with van der Waals surface area (Å²) in [6.07, 6.45) is 3.30. The van der Waals surface area contributed by atoms with Gasteiger partial charge in [0.15, 0.2) is 0 Å². The summed E-state index contributed by atoms with van der Waals surface area (Å²) in [5, 5.41) is 0. The van der Waals surface area contributed by atoms with Crippen LogP contribution >= 0.6 is 15.9 Å². The van der Waals surface area contributed by atoms with Gasteiger partial charge in [-0.1, -0.05) is 0 Å². The van der Waals surface area contributed by atoms with Gasteiger partial charge in [-0.05, 0) is 52.2 Å². The summed E-state index contributed by atoms with van der Waals surface area (Å²) < 4.78 is 27.6. The fraction of sp³-hybridized carbons (Fsp3) is 0.154. The molecule has 0 fully saturated rings. The molecule has 1 heterocycles. The van der Waals surface area contributed by atoms with Crippen LogP contribution in [0.25, 0.3) is 0 Å². The van der Waals surface area contributed by atoms with Crippen LogP contribution < -0.4 is 5.73 Å². The van der Waals surface area contributed by atoms with Gasteiger partial charge in [0.1, 0.15) is 11.6 Å². The maximum absolute atomic E-state index is 13.8. The van der Waals surface area contributed by atoms with E-state index in [9.17, 15) is 8.78 Å². The fourth-order valence-corrected chi connectivity index (χ4v) is 2.08. The standard InChI is InChI=1S/C13H11BrF2N2/c14-10-1-2-11(15)9(13(10)16)7-12(17)8-3-5-18-6-4-8/h1-6,12H,7,17H2. The molecule has 1 aromatic heterocycles. The van der Waals surface area contributed by atoms with Gasteiger partial charge in [0.05, 0.1) is 4.47 Å². The summed E-state index contributed by atoms with van der Waals surface area (Å²) in [5.41, 5.74) is 6.73. The van der Waals surface area contributed by atoms with Gasteiger partial charge < -0.3 is 5.73 Å². The maximum Gasteiger partial charge on any atom is 0.143 e. The molecule has 2 aromatic rings. The summed E-state index contributed by atoms with van der Waals surface area (Å²) in [7, 11) is 0. The molecule has 1 atom stereocenters. The molecule has 0 radical (unpaired) electrons. The van der Waals surface area contributed by atoms with Crippen molar-refractivity contribution >= 4 is 15.9 Å². The predicted octanol–water partition coefficient (Wildman–Crippen LogP) is 3.36. The number of nitrogens with zero attached hydrogens (tertiary/aromatic N) is 1. The van der Waals surface area contributed by atoms with E-state index in [1.165, 1.54) is 12.1 Å². The minimum Gasteiger partial charge on any atom is -0.324 e. The number of benzene rings is 1. The van der Waals surface area contributed by atoms with Crippen LogP contribution in [-0.2, 0) is 6.42 Å². The summed E-state index contributed by atoms with van der Waals surface area (Å²) in [6, 6.07) is 5.57. The molecule has 94 valence electrons. The molecule has 0 spiro atoms. The largest absolute Gasteiger partial charge is 0.324 e. The Labute approximate surface area is 112 Å². The predicted molar refractivity (Wildman–Crippen MR) is 68.9 cm³/mol. The molecule has 18 heavy (non-hydrogen) atoms. The topological polar surface area (TPSA) is 38.9 Å². The smallest absolute Gasteiger partial charge is 0.143 e. The second-order valence-corrected chi connectivity index (χ2v) is 4.77. The highest BCUT2D eigenvalue weighted by Gasteiger charge is 2.16. The molecule has 2 nitrogen and oxygen atoms in total.